The third-order valence-electron chi connectivity index (χ3n) is 3.69. The molecule has 0 aliphatic heterocycles. The molecule has 0 heterocycles. The molecule has 2 aromatic carbocycles. The lowest BCUT2D eigenvalue weighted by Gasteiger charge is -2.17. The van der Waals surface area contributed by atoms with Crippen molar-refractivity contribution < 1.29 is 9.53 Å². The summed E-state index contributed by atoms with van der Waals surface area (Å²) in [6.45, 7) is 0.544. The number of aryl methyl sites for hydroxylation is 1. The molecule has 2 rings (SSSR count). The molecule has 0 saturated carbocycles. The first-order chi connectivity index (χ1) is 11.1. The summed E-state index contributed by atoms with van der Waals surface area (Å²) in [5.41, 5.74) is 2.73. The van der Waals surface area contributed by atoms with E-state index in [0.29, 0.717) is 24.9 Å². The smallest absolute Gasteiger partial charge is 0.222 e. The van der Waals surface area contributed by atoms with Gasteiger partial charge >= 0.3 is 0 Å². The van der Waals surface area contributed by atoms with E-state index in [1.165, 1.54) is 0 Å². The van der Waals surface area contributed by atoms with Gasteiger partial charge in [-0.15, -0.1) is 0 Å². The van der Waals surface area contributed by atoms with Gasteiger partial charge < -0.3 is 9.64 Å². The molecular weight excluding hydrogens is 288 g/mol. The molecule has 0 N–H and O–H groups in total. The molecule has 0 aliphatic rings. The molecule has 4 nitrogen and oxygen atoms in total. The predicted molar refractivity (Wildman–Crippen MR) is 88.9 cm³/mol. The van der Waals surface area contributed by atoms with Crippen LogP contribution < -0.4 is 4.74 Å². The predicted octanol–water partition coefficient (Wildman–Crippen LogP) is 3.16. The summed E-state index contributed by atoms with van der Waals surface area (Å²) >= 11 is 0. The van der Waals surface area contributed by atoms with Gasteiger partial charge in [0, 0.05) is 20.0 Å². The number of amides is 1. The second-order valence-electron chi connectivity index (χ2n) is 5.41. The Hall–Kier alpha value is -2.80. The van der Waals surface area contributed by atoms with Crippen LogP contribution in [0.15, 0.2) is 48.5 Å². The molecule has 0 spiro atoms. The standard InChI is InChI=1S/C19H20N2O2/c1-21(14-17-8-6-16(13-20)7-9-17)19(22)11-10-15-4-3-5-18(12-15)23-2/h3-9,12H,10-11,14H2,1-2H3. The van der Waals surface area contributed by atoms with Crippen LogP contribution in [0.2, 0.25) is 0 Å². The SMILES string of the molecule is COc1cccc(CCC(=O)N(C)Cc2ccc(C#N)cc2)c1. The zero-order valence-corrected chi connectivity index (χ0v) is 13.5. The van der Waals surface area contributed by atoms with E-state index in [-0.39, 0.29) is 5.91 Å². The van der Waals surface area contributed by atoms with Crippen molar-refractivity contribution in [3.8, 4) is 11.8 Å². The van der Waals surface area contributed by atoms with Crippen molar-refractivity contribution in [1.82, 2.24) is 4.90 Å². The lowest BCUT2D eigenvalue weighted by molar-refractivity contribution is -0.130. The van der Waals surface area contributed by atoms with Crippen LogP contribution >= 0.6 is 0 Å². The number of hydrogen-bond acceptors (Lipinski definition) is 3. The van der Waals surface area contributed by atoms with Gasteiger partial charge in [-0.2, -0.15) is 5.26 Å². The van der Waals surface area contributed by atoms with Gasteiger partial charge in [0.15, 0.2) is 0 Å². The van der Waals surface area contributed by atoms with Crippen LogP contribution in [0.1, 0.15) is 23.1 Å². The maximum Gasteiger partial charge on any atom is 0.222 e. The van der Waals surface area contributed by atoms with Gasteiger partial charge in [-0.25, -0.2) is 0 Å². The van der Waals surface area contributed by atoms with Crippen molar-refractivity contribution in [2.75, 3.05) is 14.2 Å². The number of nitriles is 1. The molecule has 0 atom stereocenters. The number of rotatable bonds is 6. The first-order valence-electron chi connectivity index (χ1n) is 7.48. The maximum atomic E-state index is 12.2. The Balaban J connectivity index is 1.87. The number of nitrogens with zero attached hydrogens (tertiary/aromatic N) is 2. The fourth-order valence-corrected chi connectivity index (χ4v) is 2.32. The molecule has 0 fully saturated rings. The van der Waals surface area contributed by atoms with E-state index >= 15 is 0 Å². The number of carbonyl (C=O) groups is 1. The van der Waals surface area contributed by atoms with E-state index in [1.54, 1.807) is 31.2 Å². The average Bonchev–Trinajstić information content (AvgIpc) is 2.60. The van der Waals surface area contributed by atoms with Crippen LogP contribution in [-0.2, 0) is 17.8 Å². The minimum atomic E-state index is 0.0946. The summed E-state index contributed by atoms with van der Waals surface area (Å²) < 4.78 is 5.19. The first kappa shape index (κ1) is 16.6. The normalized spacial score (nSPS) is 9.96. The zero-order chi connectivity index (χ0) is 16.7. The Morgan fingerprint density at radius 3 is 2.57 bits per heavy atom. The van der Waals surface area contributed by atoms with Gasteiger partial charge in [0.25, 0.3) is 0 Å². The number of methoxy groups -OCH3 is 1. The lowest BCUT2D eigenvalue weighted by atomic mass is 10.1. The Labute approximate surface area is 136 Å². The topological polar surface area (TPSA) is 53.3 Å². The van der Waals surface area contributed by atoms with Crippen LogP contribution in [0.25, 0.3) is 0 Å². The number of ether oxygens (including phenoxy) is 1. The summed E-state index contributed by atoms with van der Waals surface area (Å²) in [6.07, 6.45) is 1.15. The van der Waals surface area contributed by atoms with Gasteiger partial charge in [0.2, 0.25) is 5.91 Å². The van der Waals surface area contributed by atoms with Gasteiger partial charge in [0.1, 0.15) is 5.75 Å². The van der Waals surface area contributed by atoms with Crippen molar-refractivity contribution >= 4 is 5.91 Å². The second kappa shape index (κ2) is 8.00. The highest BCUT2D eigenvalue weighted by molar-refractivity contribution is 5.76. The van der Waals surface area contributed by atoms with Crippen molar-refractivity contribution in [2.24, 2.45) is 0 Å². The molecule has 0 radical (unpaired) electrons. The molecule has 0 bridgehead atoms. The molecule has 0 unspecified atom stereocenters. The Morgan fingerprint density at radius 1 is 1.17 bits per heavy atom. The Bertz CT molecular complexity index is 702. The summed E-state index contributed by atoms with van der Waals surface area (Å²) in [6, 6.07) is 17.2. The van der Waals surface area contributed by atoms with E-state index < -0.39 is 0 Å². The molecule has 4 heteroatoms. The van der Waals surface area contributed by atoms with Gasteiger partial charge in [0.05, 0.1) is 18.7 Å². The number of hydrogen-bond donors (Lipinski definition) is 0. The fraction of sp³-hybridized carbons (Fsp3) is 0.263. The Morgan fingerprint density at radius 2 is 1.91 bits per heavy atom. The summed E-state index contributed by atoms with van der Waals surface area (Å²) in [7, 11) is 3.43. The molecule has 2 aromatic rings. The summed E-state index contributed by atoms with van der Waals surface area (Å²) in [4.78, 5) is 14.0. The molecule has 118 valence electrons. The lowest BCUT2D eigenvalue weighted by Crippen LogP contribution is -2.26. The van der Waals surface area contributed by atoms with Crippen molar-refractivity contribution in [3.63, 3.8) is 0 Å². The summed E-state index contributed by atoms with van der Waals surface area (Å²) in [5.74, 6) is 0.901. The van der Waals surface area contributed by atoms with Crippen LogP contribution in [0, 0.1) is 11.3 Å². The molecule has 0 saturated heterocycles. The van der Waals surface area contributed by atoms with Crippen LogP contribution in [0.3, 0.4) is 0 Å². The van der Waals surface area contributed by atoms with E-state index in [0.717, 1.165) is 16.9 Å². The third kappa shape index (κ3) is 4.86. The van der Waals surface area contributed by atoms with Crippen molar-refractivity contribution in [1.29, 1.82) is 5.26 Å². The molecular formula is C19H20N2O2. The Kier molecular flexibility index (Phi) is 5.76. The molecule has 23 heavy (non-hydrogen) atoms. The number of carbonyl (C=O) groups excluding carboxylic acids is 1. The van der Waals surface area contributed by atoms with E-state index in [4.69, 9.17) is 10.00 Å². The van der Waals surface area contributed by atoms with E-state index in [2.05, 4.69) is 6.07 Å². The third-order valence-corrected chi connectivity index (χ3v) is 3.69. The summed E-state index contributed by atoms with van der Waals surface area (Å²) in [5, 5.41) is 8.79. The molecule has 0 aromatic heterocycles. The minimum absolute atomic E-state index is 0.0946. The van der Waals surface area contributed by atoms with Gasteiger partial charge in [-0.1, -0.05) is 24.3 Å². The van der Waals surface area contributed by atoms with Crippen molar-refractivity contribution in [2.45, 2.75) is 19.4 Å². The quantitative estimate of drug-likeness (QED) is 0.823. The monoisotopic (exact) mass is 308 g/mol. The average molecular weight is 308 g/mol. The molecule has 0 aliphatic carbocycles. The fourth-order valence-electron chi connectivity index (χ4n) is 2.32. The largest absolute Gasteiger partial charge is 0.497 e. The molecule has 1 amide bonds. The first-order valence-corrected chi connectivity index (χ1v) is 7.48. The van der Waals surface area contributed by atoms with Gasteiger partial charge in [-0.05, 0) is 41.8 Å². The van der Waals surface area contributed by atoms with E-state index in [1.807, 2.05) is 36.4 Å². The highest BCUT2D eigenvalue weighted by Crippen LogP contribution is 2.14. The van der Waals surface area contributed by atoms with Crippen LogP contribution in [0.5, 0.6) is 5.75 Å². The van der Waals surface area contributed by atoms with Crippen molar-refractivity contribution in [3.05, 3.63) is 65.2 Å². The minimum Gasteiger partial charge on any atom is -0.497 e. The van der Waals surface area contributed by atoms with E-state index in [9.17, 15) is 4.79 Å². The number of benzene rings is 2. The second-order valence-corrected chi connectivity index (χ2v) is 5.41. The van der Waals surface area contributed by atoms with Crippen LogP contribution in [-0.4, -0.2) is 25.0 Å². The van der Waals surface area contributed by atoms with Crippen LogP contribution in [0.4, 0.5) is 0 Å². The zero-order valence-electron chi connectivity index (χ0n) is 13.5. The highest BCUT2D eigenvalue weighted by atomic mass is 16.5. The highest BCUT2D eigenvalue weighted by Gasteiger charge is 2.10. The maximum absolute atomic E-state index is 12.2. The van der Waals surface area contributed by atoms with Gasteiger partial charge in [-0.3, -0.25) is 4.79 Å².